The average Bonchev–Trinajstić information content (AvgIpc) is 2.92. The second kappa shape index (κ2) is 6.83. The van der Waals surface area contributed by atoms with Gasteiger partial charge in [0.15, 0.2) is 11.5 Å². The molecule has 1 aromatic rings. The van der Waals surface area contributed by atoms with Crippen LogP contribution in [0, 0.1) is 0 Å². The summed E-state index contributed by atoms with van der Waals surface area (Å²) in [6, 6.07) is 6.61. The minimum absolute atomic E-state index is 0.438. The third-order valence-electron chi connectivity index (χ3n) is 3.59. The fourth-order valence-electron chi connectivity index (χ4n) is 2.66. The van der Waals surface area contributed by atoms with Gasteiger partial charge >= 0.3 is 0 Å². The molecule has 0 N–H and O–H groups in total. The van der Waals surface area contributed by atoms with E-state index < -0.39 is 0 Å². The minimum Gasteiger partial charge on any atom is -0.493 e. The first-order valence-corrected chi connectivity index (χ1v) is 6.95. The molecule has 0 aromatic heterocycles. The Morgan fingerprint density at radius 3 is 2.79 bits per heavy atom. The number of likely N-dealkylation sites (tertiary alicyclic amines) is 1. The second-order valence-electron chi connectivity index (χ2n) is 4.63. The standard InChI is InChI=1S/C15H20ClNO2/c1-18-14-7-6-12(11-15(14)19-2)13-5-3-9-17(13)10-4-8-16/h4,6-8,11,13H,3,5,9-10H2,1-2H3/b8-4+. The Balaban J connectivity index is 2.20. The molecule has 1 aromatic carbocycles. The molecule has 0 bridgehead atoms. The topological polar surface area (TPSA) is 21.7 Å². The van der Waals surface area contributed by atoms with E-state index in [2.05, 4.69) is 17.0 Å². The van der Waals surface area contributed by atoms with Crippen LogP contribution in [0.2, 0.25) is 0 Å². The summed E-state index contributed by atoms with van der Waals surface area (Å²) in [4.78, 5) is 2.43. The Kier molecular flexibility index (Phi) is 5.11. The molecule has 0 aliphatic carbocycles. The zero-order chi connectivity index (χ0) is 13.7. The van der Waals surface area contributed by atoms with Crippen molar-refractivity contribution in [3.8, 4) is 11.5 Å². The number of rotatable bonds is 5. The van der Waals surface area contributed by atoms with Crippen molar-refractivity contribution in [2.75, 3.05) is 27.3 Å². The largest absolute Gasteiger partial charge is 0.493 e. The molecule has 1 saturated heterocycles. The van der Waals surface area contributed by atoms with Gasteiger partial charge in [0, 0.05) is 18.1 Å². The summed E-state index contributed by atoms with van der Waals surface area (Å²) in [7, 11) is 3.33. The van der Waals surface area contributed by atoms with Gasteiger partial charge in [-0.05, 0) is 37.1 Å². The van der Waals surface area contributed by atoms with Crippen molar-refractivity contribution in [3.63, 3.8) is 0 Å². The molecule has 3 nitrogen and oxygen atoms in total. The lowest BCUT2D eigenvalue weighted by atomic mass is 10.0. The van der Waals surface area contributed by atoms with E-state index in [0.717, 1.165) is 24.6 Å². The summed E-state index contributed by atoms with van der Waals surface area (Å²) in [5.41, 5.74) is 2.86. The van der Waals surface area contributed by atoms with Gasteiger partial charge in [0.1, 0.15) is 0 Å². The summed E-state index contributed by atoms with van der Waals surface area (Å²) in [5.74, 6) is 1.57. The normalized spacial score (nSPS) is 20.1. The summed E-state index contributed by atoms with van der Waals surface area (Å²) in [6.07, 6.45) is 4.38. The highest BCUT2D eigenvalue weighted by atomic mass is 35.5. The van der Waals surface area contributed by atoms with Crippen LogP contribution >= 0.6 is 11.6 Å². The summed E-state index contributed by atoms with van der Waals surface area (Å²) < 4.78 is 10.7. The molecule has 1 aliphatic rings. The molecule has 1 atom stereocenters. The van der Waals surface area contributed by atoms with Crippen LogP contribution in [0.15, 0.2) is 29.8 Å². The van der Waals surface area contributed by atoms with E-state index in [0.29, 0.717) is 6.04 Å². The molecule has 4 heteroatoms. The number of halogens is 1. The van der Waals surface area contributed by atoms with E-state index in [1.807, 2.05) is 12.1 Å². The van der Waals surface area contributed by atoms with Crippen molar-refractivity contribution in [1.29, 1.82) is 0 Å². The predicted octanol–water partition coefficient (Wildman–Crippen LogP) is 3.59. The fraction of sp³-hybridized carbons (Fsp3) is 0.467. The third-order valence-corrected chi connectivity index (χ3v) is 3.76. The van der Waals surface area contributed by atoms with Crippen LogP contribution in [0.1, 0.15) is 24.4 Å². The van der Waals surface area contributed by atoms with Gasteiger partial charge in [0.25, 0.3) is 0 Å². The van der Waals surface area contributed by atoms with Gasteiger partial charge in [-0.3, -0.25) is 4.90 Å². The van der Waals surface area contributed by atoms with Gasteiger partial charge in [-0.1, -0.05) is 23.7 Å². The lowest BCUT2D eigenvalue weighted by molar-refractivity contribution is 0.284. The third kappa shape index (κ3) is 3.23. The minimum atomic E-state index is 0.438. The maximum atomic E-state index is 5.62. The van der Waals surface area contributed by atoms with Crippen LogP contribution in [0.25, 0.3) is 0 Å². The Labute approximate surface area is 119 Å². The molecule has 1 fully saturated rings. The first-order chi connectivity index (χ1) is 9.30. The number of hydrogen-bond donors (Lipinski definition) is 0. The molecule has 1 aliphatic heterocycles. The van der Waals surface area contributed by atoms with E-state index in [-0.39, 0.29) is 0 Å². The zero-order valence-corrected chi connectivity index (χ0v) is 12.2. The van der Waals surface area contributed by atoms with E-state index >= 15 is 0 Å². The molecule has 0 saturated carbocycles. The van der Waals surface area contributed by atoms with Crippen molar-refractivity contribution in [2.24, 2.45) is 0 Å². The Morgan fingerprint density at radius 1 is 1.32 bits per heavy atom. The predicted molar refractivity (Wildman–Crippen MR) is 78.1 cm³/mol. The van der Waals surface area contributed by atoms with Gasteiger partial charge in [-0.15, -0.1) is 0 Å². The Morgan fingerprint density at radius 2 is 2.11 bits per heavy atom. The molecule has 19 heavy (non-hydrogen) atoms. The summed E-state index contributed by atoms with van der Waals surface area (Å²) >= 11 is 5.62. The van der Waals surface area contributed by atoms with Crippen molar-refractivity contribution in [2.45, 2.75) is 18.9 Å². The van der Waals surface area contributed by atoms with Crippen LogP contribution in [0.5, 0.6) is 11.5 Å². The molecule has 0 radical (unpaired) electrons. The molecule has 0 amide bonds. The quantitative estimate of drug-likeness (QED) is 0.823. The number of benzene rings is 1. The van der Waals surface area contributed by atoms with E-state index in [4.69, 9.17) is 21.1 Å². The SMILES string of the molecule is COc1ccc(C2CCCN2C/C=C/Cl)cc1OC. The van der Waals surface area contributed by atoms with Crippen LogP contribution in [0.4, 0.5) is 0 Å². The highest BCUT2D eigenvalue weighted by Crippen LogP contribution is 2.36. The van der Waals surface area contributed by atoms with Gasteiger partial charge in [-0.25, -0.2) is 0 Å². The fourth-order valence-corrected chi connectivity index (χ4v) is 2.74. The van der Waals surface area contributed by atoms with E-state index in [1.165, 1.54) is 18.4 Å². The van der Waals surface area contributed by atoms with Gasteiger partial charge in [0.05, 0.1) is 14.2 Å². The number of hydrogen-bond acceptors (Lipinski definition) is 3. The average molecular weight is 282 g/mol. The van der Waals surface area contributed by atoms with Gasteiger partial charge in [0.2, 0.25) is 0 Å². The van der Waals surface area contributed by atoms with Crippen molar-refractivity contribution in [3.05, 3.63) is 35.4 Å². The molecular weight excluding hydrogens is 262 g/mol. The molecule has 1 unspecified atom stereocenters. The first kappa shape index (κ1) is 14.2. The van der Waals surface area contributed by atoms with Crippen molar-refractivity contribution < 1.29 is 9.47 Å². The van der Waals surface area contributed by atoms with Crippen molar-refractivity contribution >= 4 is 11.6 Å². The Bertz CT molecular complexity index is 448. The number of nitrogens with zero attached hydrogens (tertiary/aromatic N) is 1. The molecule has 0 spiro atoms. The lowest BCUT2D eigenvalue weighted by Crippen LogP contribution is -2.23. The molecule has 104 valence electrons. The molecular formula is C15H20ClNO2. The van der Waals surface area contributed by atoms with Crippen LogP contribution in [-0.4, -0.2) is 32.2 Å². The summed E-state index contributed by atoms with van der Waals surface area (Å²) in [5, 5.41) is 0. The van der Waals surface area contributed by atoms with Crippen molar-refractivity contribution in [1.82, 2.24) is 4.90 Å². The van der Waals surface area contributed by atoms with Gasteiger partial charge < -0.3 is 9.47 Å². The van der Waals surface area contributed by atoms with Crippen LogP contribution in [-0.2, 0) is 0 Å². The van der Waals surface area contributed by atoms with Gasteiger partial charge in [-0.2, -0.15) is 0 Å². The monoisotopic (exact) mass is 281 g/mol. The Hall–Kier alpha value is -1.19. The first-order valence-electron chi connectivity index (χ1n) is 6.51. The maximum Gasteiger partial charge on any atom is 0.161 e. The zero-order valence-electron chi connectivity index (χ0n) is 11.4. The smallest absolute Gasteiger partial charge is 0.161 e. The van der Waals surface area contributed by atoms with Crippen LogP contribution in [0.3, 0.4) is 0 Å². The molecule has 2 rings (SSSR count). The highest BCUT2D eigenvalue weighted by molar-refractivity contribution is 6.25. The number of methoxy groups -OCH3 is 2. The number of ether oxygens (including phenoxy) is 2. The maximum absolute atomic E-state index is 5.62. The van der Waals surface area contributed by atoms with Crippen LogP contribution < -0.4 is 9.47 Å². The molecule has 1 heterocycles. The van der Waals surface area contributed by atoms with E-state index in [1.54, 1.807) is 19.8 Å². The van der Waals surface area contributed by atoms with E-state index in [9.17, 15) is 0 Å². The summed E-state index contributed by atoms with van der Waals surface area (Å²) in [6.45, 7) is 2.00. The second-order valence-corrected chi connectivity index (χ2v) is 4.88. The highest BCUT2D eigenvalue weighted by Gasteiger charge is 2.25. The lowest BCUT2D eigenvalue weighted by Gasteiger charge is -2.24.